The maximum absolute atomic E-state index is 12.3. The number of methoxy groups -OCH3 is 1. The van der Waals surface area contributed by atoms with E-state index in [-0.39, 0.29) is 18.5 Å². The van der Waals surface area contributed by atoms with Crippen LogP contribution in [0.4, 0.5) is 4.79 Å². The van der Waals surface area contributed by atoms with Gasteiger partial charge < -0.3 is 14.5 Å². The Balaban J connectivity index is 1.64. The molecule has 0 saturated carbocycles. The molecule has 25 heavy (non-hydrogen) atoms. The van der Waals surface area contributed by atoms with Gasteiger partial charge in [-0.3, -0.25) is 14.6 Å². The Morgan fingerprint density at radius 1 is 1.52 bits per heavy atom. The highest BCUT2D eigenvalue weighted by atomic mass is 32.1. The van der Waals surface area contributed by atoms with Crippen LogP contribution in [0.15, 0.2) is 21.9 Å². The van der Waals surface area contributed by atoms with E-state index >= 15 is 0 Å². The van der Waals surface area contributed by atoms with Crippen LogP contribution < -0.4 is 5.32 Å². The van der Waals surface area contributed by atoms with Crippen molar-refractivity contribution in [2.24, 2.45) is 0 Å². The minimum atomic E-state index is -0.352. The van der Waals surface area contributed by atoms with Crippen LogP contribution in [0.5, 0.6) is 0 Å². The lowest BCUT2D eigenvalue weighted by atomic mass is 10.4. The number of rotatable bonds is 8. The van der Waals surface area contributed by atoms with Crippen LogP contribution in [0.25, 0.3) is 10.8 Å². The first-order chi connectivity index (χ1) is 12.2. The largest absolute Gasteiger partial charge is 0.419 e. The summed E-state index contributed by atoms with van der Waals surface area (Å²) in [6.07, 6.45) is 0. The fourth-order valence-electron chi connectivity index (χ4n) is 2.43. The second-order valence-electron chi connectivity index (χ2n) is 5.46. The number of aromatic nitrogens is 2. The number of amides is 3. The number of thiophene rings is 1. The number of nitrogens with one attached hydrogen (secondary N) is 1. The fraction of sp³-hybridized carbons (Fsp3) is 0.467. The number of urea groups is 1. The molecule has 1 saturated heterocycles. The van der Waals surface area contributed by atoms with Gasteiger partial charge in [0.15, 0.2) is 0 Å². The van der Waals surface area contributed by atoms with Crippen molar-refractivity contribution >= 4 is 23.3 Å². The number of nitrogens with zero attached hydrogens (tertiary/aromatic N) is 4. The summed E-state index contributed by atoms with van der Waals surface area (Å²) in [6.45, 7) is 2.21. The van der Waals surface area contributed by atoms with E-state index in [4.69, 9.17) is 9.15 Å². The van der Waals surface area contributed by atoms with Gasteiger partial charge in [-0.15, -0.1) is 21.5 Å². The first-order valence-corrected chi connectivity index (χ1v) is 8.71. The van der Waals surface area contributed by atoms with Crippen LogP contribution in [0, 0.1) is 0 Å². The van der Waals surface area contributed by atoms with E-state index in [1.165, 1.54) is 16.2 Å². The van der Waals surface area contributed by atoms with Crippen molar-refractivity contribution in [3.05, 3.63) is 23.4 Å². The summed E-state index contributed by atoms with van der Waals surface area (Å²) in [5, 5.41) is 12.6. The molecule has 10 heteroatoms. The zero-order chi connectivity index (χ0) is 17.6. The van der Waals surface area contributed by atoms with E-state index in [0.29, 0.717) is 44.6 Å². The average molecular weight is 365 g/mol. The second kappa shape index (κ2) is 8.19. The molecule has 0 aromatic carbocycles. The summed E-state index contributed by atoms with van der Waals surface area (Å²) in [6, 6.07) is 3.46. The lowest BCUT2D eigenvalue weighted by molar-refractivity contribution is -0.129. The van der Waals surface area contributed by atoms with Gasteiger partial charge in [0.05, 0.1) is 24.6 Å². The Morgan fingerprint density at radius 2 is 2.40 bits per heavy atom. The third kappa shape index (κ3) is 4.41. The molecule has 0 aliphatic carbocycles. The number of imide groups is 1. The molecule has 1 fully saturated rings. The quantitative estimate of drug-likeness (QED) is 0.738. The van der Waals surface area contributed by atoms with Crippen molar-refractivity contribution in [1.29, 1.82) is 0 Å². The molecule has 9 nitrogen and oxygen atoms in total. The summed E-state index contributed by atoms with van der Waals surface area (Å²) in [5.74, 6) is 0.615. The maximum Gasteiger partial charge on any atom is 0.324 e. The van der Waals surface area contributed by atoms with Crippen LogP contribution in [0.3, 0.4) is 0 Å². The van der Waals surface area contributed by atoms with Gasteiger partial charge in [-0.05, 0) is 11.4 Å². The zero-order valence-electron chi connectivity index (χ0n) is 13.8. The van der Waals surface area contributed by atoms with Gasteiger partial charge in [0, 0.05) is 26.7 Å². The smallest absolute Gasteiger partial charge is 0.324 e. The summed E-state index contributed by atoms with van der Waals surface area (Å²) in [7, 11) is 1.59. The summed E-state index contributed by atoms with van der Waals surface area (Å²) >= 11 is 1.51. The lowest BCUT2D eigenvalue weighted by Gasteiger charge is -2.21. The number of hydrogen-bond donors (Lipinski definition) is 1. The number of ether oxygens (including phenoxy) is 1. The Bertz CT molecular complexity index is 717. The molecule has 3 heterocycles. The number of carbonyl (C=O) groups excluding carboxylic acids is 2. The van der Waals surface area contributed by atoms with Crippen molar-refractivity contribution in [3.63, 3.8) is 0 Å². The van der Waals surface area contributed by atoms with E-state index in [9.17, 15) is 9.59 Å². The predicted octanol–water partition coefficient (Wildman–Crippen LogP) is 0.798. The van der Waals surface area contributed by atoms with Gasteiger partial charge in [0.2, 0.25) is 11.8 Å². The molecule has 0 unspecified atom stereocenters. The minimum absolute atomic E-state index is 0.0769. The van der Waals surface area contributed by atoms with E-state index in [0.717, 1.165) is 4.88 Å². The normalized spacial score (nSPS) is 14.3. The van der Waals surface area contributed by atoms with Crippen LogP contribution in [-0.4, -0.2) is 71.8 Å². The number of carbonyl (C=O) groups is 2. The van der Waals surface area contributed by atoms with Gasteiger partial charge >= 0.3 is 6.03 Å². The molecule has 1 aliphatic heterocycles. The molecule has 3 amide bonds. The van der Waals surface area contributed by atoms with Gasteiger partial charge in [0.25, 0.3) is 5.89 Å². The zero-order valence-corrected chi connectivity index (χ0v) is 14.6. The molecule has 1 aliphatic rings. The highest BCUT2D eigenvalue weighted by molar-refractivity contribution is 7.13. The van der Waals surface area contributed by atoms with E-state index in [1.807, 2.05) is 22.4 Å². The van der Waals surface area contributed by atoms with Crippen molar-refractivity contribution in [3.8, 4) is 10.8 Å². The Labute approximate surface area is 148 Å². The monoisotopic (exact) mass is 365 g/mol. The molecule has 3 rings (SSSR count). The molecule has 0 atom stereocenters. The summed E-state index contributed by atoms with van der Waals surface area (Å²) < 4.78 is 10.8. The average Bonchev–Trinajstić information content (AvgIpc) is 3.33. The van der Waals surface area contributed by atoms with E-state index in [2.05, 4.69) is 15.5 Å². The van der Waals surface area contributed by atoms with Crippen LogP contribution in [0.1, 0.15) is 5.89 Å². The molecule has 0 bridgehead atoms. The van der Waals surface area contributed by atoms with Gasteiger partial charge in [-0.2, -0.15) is 0 Å². The lowest BCUT2D eigenvalue weighted by Crippen LogP contribution is -2.42. The molecular weight excluding hydrogens is 346 g/mol. The van der Waals surface area contributed by atoms with E-state index < -0.39 is 0 Å². The van der Waals surface area contributed by atoms with Gasteiger partial charge in [-0.1, -0.05) is 6.07 Å². The Morgan fingerprint density at radius 3 is 3.08 bits per heavy atom. The molecule has 0 radical (unpaired) electrons. The molecule has 2 aromatic heterocycles. The van der Waals surface area contributed by atoms with E-state index in [1.54, 1.807) is 7.11 Å². The van der Waals surface area contributed by atoms with Gasteiger partial charge in [0.1, 0.15) is 0 Å². The maximum atomic E-state index is 12.3. The molecule has 2 aromatic rings. The minimum Gasteiger partial charge on any atom is -0.419 e. The van der Waals surface area contributed by atoms with Crippen molar-refractivity contribution in [2.75, 3.05) is 39.9 Å². The molecule has 0 spiro atoms. The first kappa shape index (κ1) is 17.5. The van der Waals surface area contributed by atoms with Crippen LogP contribution >= 0.6 is 11.3 Å². The van der Waals surface area contributed by atoms with Crippen LogP contribution in [0.2, 0.25) is 0 Å². The third-order valence-electron chi connectivity index (χ3n) is 3.69. The fourth-order valence-corrected chi connectivity index (χ4v) is 3.07. The highest BCUT2D eigenvalue weighted by Crippen LogP contribution is 2.23. The van der Waals surface area contributed by atoms with Crippen molar-refractivity contribution in [2.45, 2.75) is 6.54 Å². The first-order valence-electron chi connectivity index (χ1n) is 7.83. The SMILES string of the molecule is COCCN(CC(=O)N1CCNC1=O)Cc1nnc(-c2cccs2)o1. The Kier molecular flexibility index (Phi) is 5.74. The third-order valence-corrected chi connectivity index (χ3v) is 4.54. The molecule has 1 N–H and O–H groups in total. The standard InChI is InChI=1S/C15H19N5O4S/c1-23-7-6-19(10-13(21)20-5-4-16-15(20)22)9-12-17-18-14(24-12)11-3-2-8-25-11/h2-3,8H,4-7,9-10H2,1H3,(H,16,22). The Hall–Kier alpha value is -2.30. The summed E-state index contributed by atoms with van der Waals surface area (Å²) in [4.78, 5) is 27.9. The topological polar surface area (TPSA) is 101 Å². The molecule has 134 valence electrons. The van der Waals surface area contributed by atoms with Crippen molar-refractivity contribution in [1.82, 2.24) is 25.3 Å². The van der Waals surface area contributed by atoms with Gasteiger partial charge in [-0.25, -0.2) is 4.79 Å². The summed E-state index contributed by atoms with van der Waals surface area (Å²) in [5.41, 5.74) is 0. The van der Waals surface area contributed by atoms with Crippen molar-refractivity contribution < 1.29 is 18.7 Å². The highest BCUT2D eigenvalue weighted by Gasteiger charge is 2.27. The number of hydrogen-bond acceptors (Lipinski definition) is 8. The predicted molar refractivity (Wildman–Crippen MR) is 89.9 cm³/mol. The second-order valence-corrected chi connectivity index (χ2v) is 6.41. The van der Waals surface area contributed by atoms with Crippen LogP contribution in [-0.2, 0) is 16.1 Å². The molecular formula is C15H19N5O4S.